The Balaban J connectivity index is 1.75. The molecule has 3 rings (SSSR count). The van der Waals surface area contributed by atoms with Gasteiger partial charge >= 0.3 is 0 Å². The van der Waals surface area contributed by atoms with E-state index in [2.05, 4.69) is 44.6 Å². The number of hydrogen-bond donors (Lipinski definition) is 1. The van der Waals surface area contributed by atoms with E-state index >= 15 is 0 Å². The summed E-state index contributed by atoms with van der Waals surface area (Å²) in [6, 6.07) is 0.728. The number of nitrogens with zero attached hydrogens (tertiary/aromatic N) is 4. The molecule has 0 aliphatic heterocycles. The van der Waals surface area contributed by atoms with Gasteiger partial charge in [-0.3, -0.25) is 9.36 Å². The lowest BCUT2D eigenvalue weighted by Crippen LogP contribution is -2.15. The lowest BCUT2D eigenvalue weighted by atomic mass is 10.2. The van der Waals surface area contributed by atoms with E-state index in [9.17, 15) is 0 Å². The molecule has 1 aliphatic rings. The molecule has 2 aromatic rings. The third kappa shape index (κ3) is 2.81. The second-order valence-electron chi connectivity index (χ2n) is 5.56. The molecule has 0 atom stereocenters. The van der Waals surface area contributed by atoms with Crippen molar-refractivity contribution in [3.8, 4) is 0 Å². The van der Waals surface area contributed by atoms with Crippen LogP contribution in [0.15, 0.2) is 10.7 Å². The molecule has 5 nitrogen and oxygen atoms in total. The predicted octanol–water partition coefficient (Wildman–Crippen LogP) is 2.30. The van der Waals surface area contributed by atoms with Gasteiger partial charge in [-0.05, 0) is 42.6 Å². The van der Waals surface area contributed by atoms with Gasteiger partial charge in [0.25, 0.3) is 0 Å². The summed E-state index contributed by atoms with van der Waals surface area (Å²) in [5, 5.41) is 12.6. The summed E-state index contributed by atoms with van der Waals surface area (Å²) in [4.78, 5) is 0. The smallest absolute Gasteiger partial charge is 0.0839 e. The van der Waals surface area contributed by atoms with Gasteiger partial charge in [-0.15, -0.1) is 0 Å². The summed E-state index contributed by atoms with van der Waals surface area (Å²) >= 11 is 3.61. The third-order valence-electron chi connectivity index (χ3n) is 3.78. The first-order valence-corrected chi connectivity index (χ1v) is 7.78. The Kier molecular flexibility index (Phi) is 3.69. The molecule has 1 fully saturated rings. The van der Waals surface area contributed by atoms with E-state index in [1.54, 1.807) is 0 Å². The molecular weight excluding hydrogens is 318 g/mol. The molecule has 0 bridgehead atoms. The van der Waals surface area contributed by atoms with Crippen LogP contribution in [0.4, 0.5) is 0 Å². The van der Waals surface area contributed by atoms with Crippen LogP contribution >= 0.6 is 15.9 Å². The maximum absolute atomic E-state index is 4.61. The molecule has 0 aromatic carbocycles. The number of halogens is 1. The van der Waals surface area contributed by atoms with E-state index in [4.69, 9.17) is 0 Å². The average Bonchev–Trinajstić information content (AvgIpc) is 3.12. The highest BCUT2D eigenvalue weighted by molar-refractivity contribution is 9.10. The minimum Gasteiger partial charge on any atom is -0.310 e. The van der Waals surface area contributed by atoms with Crippen LogP contribution < -0.4 is 5.32 Å². The third-order valence-corrected chi connectivity index (χ3v) is 4.81. The van der Waals surface area contributed by atoms with Crippen LogP contribution in [-0.2, 0) is 20.1 Å². The van der Waals surface area contributed by atoms with Crippen LogP contribution in [0, 0.1) is 13.8 Å². The Morgan fingerprint density at radius 2 is 2.05 bits per heavy atom. The number of rotatable bonds is 5. The highest BCUT2D eigenvalue weighted by atomic mass is 79.9. The molecule has 2 heterocycles. The number of aromatic nitrogens is 4. The topological polar surface area (TPSA) is 47.7 Å². The molecule has 1 aliphatic carbocycles. The quantitative estimate of drug-likeness (QED) is 0.910. The normalized spacial score (nSPS) is 15.0. The van der Waals surface area contributed by atoms with Crippen molar-refractivity contribution >= 4 is 15.9 Å². The Labute approximate surface area is 127 Å². The Hall–Kier alpha value is -1.14. The average molecular weight is 338 g/mol. The summed E-state index contributed by atoms with van der Waals surface area (Å²) in [6.07, 6.45) is 4.77. The summed E-state index contributed by atoms with van der Waals surface area (Å²) in [5.41, 5.74) is 4.55. The van der Waals surface area contributed by atoms with Crippen LogP contribution in [0.2, 0.25) is 0 Å². The lowest BCUT2D eigenvalue weighted by molar-refractivity contribution is 0.613. The van der Waals surface area contributed by atoms with Crippen molar-refractivity contribution in [2.75, 3.05) is 0 Å². The van der Waals surface area contributed by atoms with E-state index in [0.717, 1.165) is 40.7 Å². The Morgan fingerprint density at radius 1 is 1.30 bits per heavy atom. The fourth-order valence-corrected chi connectivity index (χ4v) is 2.82. The van der Waals surface area contributed by atoms with Gasteiger partial charge in [-0.2, -0.15) is 10.2 Å². The number of nitrogens with one attached hydrogen (secondary N) is 1. The van der Waals surface area contributed by atoms with Gasteiger partial charge < -0.3 is 5.32 Å². The van der Waals surface area contributed by atoms with Gasteiger partial charge in [-0.25, -0.2) is 0 Å². The fourth-order valence-electron chi connectivity index (χ4n) is 2.36. The highest BCUT2D eigenvalue weighted by Gasteiger charge is 2.21. The van der Waals surface area contributed by atoms with Crippen molar-refractivity contribution in [2.24, 2.45) is 7.05 Å². The van der Waals surface area contributed by atoms with E-state index < -0.39 is 0 Å². The maximum atomic E-state index is 4.61. The van der Waals surface area contributed by atoms with Gasteiger partial charge in [0, 0.05) is 31.4 Å². The van der Waals surface area contributed by atoms with Gasteiger partial charge in [0.15, 0.2) is 0 Å². The molecule has 6 heteroatoms. The fraction of sp³-hybridized carbons (Fsp3) is 0.571. The van der Waals surface area contributed by atoms with E-state index in [-0.39, 0.29) is 0 Å². The second-order valence-corrected chi connectivity index (χ2v) is 6.36. The molecule has 108 valence electrons. The monoisotopic (exact) mass is 337 g/mol. The van der Waals surface area contributed by atoms with Crippen molar-refractivity contribution in [1.29, 1.82) is 0 Å². The molecule has 0 radical (unpaired) electrons. The molecule has 0 saturated heterocycles. The Bertz CT molecular complexity index is 624. The summed E-state index contributed by atoms with van der Waals surface area (Å²) in [6.45, 7) is 5.74. The molecular formula is C14H20BrN5. The van der Waals surface area contributed by atoms with Gasteiger partial charge in [0.1, 0.15) is 0 Å². The first-order chi connectivity index (χ1) is 9.54. The molecule has 0 spiro atoms. The largest absolute Gasteiger partial charge is 0.310 e. The van der Waals surface area contributed by atoms with E-state index in [0.29, 0.717) is 0 Å². The van der Waals surface area contributed by atoms with Crippen LogP contribution in [0.25, 0.3) is 0 Å². The van der Waals surface area contributed by atoms with Gasteiger partial charge in [-0.1, -0.05) is 0 Å². The maximum Gasteiger partial charge on any atom is 0.0839 e. The predicted molar refractivity (Wildman–Crippen MR) is 81.6 cm³/mol. The van der Waals surface area contributed by atoms with Gasteiger partial charge in [0.05, 0.1) is 28.1 Å². The van der Waals surface area contributed by atoms with Crippen molar-refractivity contribution in [1.82, 2.24) is 24.9 Å². The van der Waals surface area contributed by atoms with Gasteiger partial charge in [0.2, 0.25) is 0 Å². The zero-order valence-electron chi connectivity index (χ0n) is 12.1. The standard InChI is InChI=1S/C14H20BrN5/c1-9-11(6-16-12-4-5-12)7-20(18-9)8-13-14(15)10(2)17-19(13)3/h7,12,16H,4-6,8H2,1-3H3. The van der Waals surface area contributed by atoms with Crippen LogP contribution in [0.1, 0.15) is 35.5 Å². The summed E-state index contributed by atoms with van der Waals surface area (Å²) < 4.78 is 4.99. The van der Waals surface area contributed by atoms with Crippen LogP contribution in [-0.4, -0.2) is 25.6 Å². The van der Waals surface area contributed by atoms with Crippen LogP contribution in [0.5, 0.6) is 0 Å². The number of hydrogen-bond acceptors (Lipinski definition) is 3. The second kappa shape index (κ2) is 5.33. The summed E-state index contributed by atoms with van der Waals surface area (Å²) in [7, 11) is 1.97. The Morgan fingerprint density at radius 3 is 2.65 bits per heavy atom. The number of aryl methyl sites for hydroxylation is 3. The molecule has 20 heavy (non-hydrogen) atoms. The van der Waals surface area contributed by atoms with Crippen molar-refractivity contribution in [3.63, 3.8) is 0 Å². The van der Waals surface area contributed by atoms with Crippen molar-refractivity contribution in [2.45, 2.75) is 45.8 Å². The van der Waals surface area contributed by atoms with Crippen LogP contribution in [0.3, 0.4) is 0 Å². The minimum absolute atomic E-state index is 0.728. The highest BCUT2D eigenvalue weighted by Crippen LogP contribution is 2.22. The zero-order chi connectivity index (χ0) is 14.3. The summed E-state index contributed by atoms with van der Waals surface area (Å²) in [5.74, 6) is 0. The first-order valence-electron chi connectivity index (χ1n) is 6.99. The van der Waals surface area contributed by atoms with Crippen molar-refractivity contribution in [3.05, 3.63) is 33.3 Å². The molecule has 2 aromatic heterocycles. The first kappa shape index (κ1) is 13.8. The zero-order valence-corrected chi connectivity index (χ0v) is 13.7. The molecule has 0 amide bonds. The molecule has 0 unspecified atom stereocenters. The minimum atomic E-state index is 0.728. The van der Waals surface area contributed by atoms with E-state index in [1.807, 2.05) is 23.3 Å². The lowest BCUT2D eigenvalue weighted by Gasteiger charge is -2.03. The van der Waals surface area contributed by atoms with E-state index in [1.165, 1.54) is 18.4 Å². The van der Waals surface area contributed by atoms with Crippen molar-refractivity contribution < 1.29 is 0 Å². The molecule has 1 N–H and O–H groups in total. The molecule has 1 saturated carbocycles. The SMILES string of the molecule is Cc1nn(Cc2c(Br)c(C)nn2C)cc1CNC1CC1.